The number of hydrogen-bond donors (Lipinski definition) is 0. The largest absolute Gasteiger partial charge is 4.00 e. The molecular formula is C54H52HfN2S. The van der Waals surface area contributed by atoms with Gasteiger partial charge in [-0.15, -0.1) is 53.4 Å². The molecule has 0 fully saturated rings. The quantitative estimate of drug-likeness (QED) is 0.0981. The summed E-state index contributed by atoms with van der Waals surface area (Å²) in [5.41, 5.74) is 10.2. The van der Waals surface area contributed by atoms with Gasteiger partial charge in [-0.2, -0.15) is 73.9 Å². The molecule has 0 bridgehead atoms. The van der Waals surface area contributed by atoms with Crippen LogP contribution in [0.4, 0.5) is 0 Å². The van der Waals surface area contributed by atoms with Gasteiger partial charge in [0.15, 0.2) is 0 Å². The van der Waals surface area contributed by atoms with Crippen molar-refractivity contribution in [2.75, 3.05) is 0 Å². The molecule has 0 amide bonds. The van der Waals surface area contributed by atoms with E-state index < -0.39 is 0 Å². The van der Waals surface area contributed by atoms with Crippen molar-refractivity contribution >= 4 is 43.1 Å². The average molecular weight is 940 g/mol. The van der Waals surface area contributed by atoms with E-state index in [-0.39, 0.29) is 36.7 Å². The molecule has 9 rings (SSSR count). The fraction of sp³-hybridized carbons (Fsp3) is 0.148. The SMILES string of the molecule is CC(C)(C)c1ccc2c(-c3ccc(-c4nc5ccccc5s4)[n-]3)c3cc(C(C)(C)C)ccc3cc2c1.[CH2-]c1ccccc1.[CH2-]c1ccccc1.[CH2-]c1ccccc1.[Hf+4]. The van der Waals surface area contributed by atoms with Crippen LogP contribution < -0.4 is 4.98 Å². The molecule has 288 valence electrons. The van der Waals surface area contributed by atoms with Gasteiger partial charge in [0, 0.05) is 0 Å². The van der Waals surface area contributed by atoms with Crippen LogP contribution in [0.15, 0.2) is 170 Å². The van der Waals surface area contributed by atoms with Crippen molar-refractivity contribution in [2.45, 2.75) is 52.4 Å². The Morgan fingerprint density at radius 2 is 0.948 bits per heavy atom. The van der Waals surface area contributed by atoms with Gasteiger partial charge in [-0.3, -0.25) is 0 Å². The Morgan fingerprint density at radius 1 is 0.466 bits per heavy atom. The van der Waals surface area contributed by atoms with E-state index in [1.807, 2.05) is 97.1 Å². The standard InChI is InChI=1S/C33H31N2S.3C7H7.Hf/c1-32(2,3)22-13-14-24-21(18-22)17-20-11-12-23(33(4,5)6)19-25(20)30(24)27-15-16-28(34-27)31-35-26-9-7-8-10-29(26)36-31;3*1-7-5-3-2-4-6-7;/h7-19H,1-6H3;3*2-6H,1H2;/q4*-1;+4. The van der Waals surface area contributed by atoms with Gasteiger partial charge < -0.3 is 4.98 Å². The van der Waals surface area contributed by atoms with Crippen LogP contribution in [0.25, 0.3) is 53.7 Å². The van der Waals surface area contributed by atoms with E-state index in [1.54, 1.807) is 11.3 Å². The van der Waals surface area contributed by atoms with Gasteiger partial charge in [0.1, 0.15) is 5.01 Å². The molecule has 2 aromatic heterocycles. The Labute approximate surface area is 369 Å². The van der Waals surface area contributed by atoms with Crippen LogP contribution in [-0.4, -0.2) is 4.98 Å². The van der Waals surface area contributed by atoms with Crippen LogP contribution in [0.5, 0.6) is 0 Å². The molecule has 0 N–H and O–H groups in total. The molecule has 4 heteroatoms. The normalized spacial score (nSPS) is 11.0. The Hall–Kier alpha value is -5.29. The van der Waals surface area contributed by atoms with Gasteiger partial charge in [-0.05, 0) is 67.3 Å². The Morgan fingerprint density at radius 3 is 1.45 bits per heavy atom. The maximum atomic E-state index is 5.16. The topological polar surface area (TPSA) is 27.0 Å². The minimum Gasteiger partial charge on any atom is -0.655 e. The molecule has 0 aliphatic carbocycles. The number of benzene rings is 7. The Kier molecular flexibility index (Phi) is 14.7. The molecule has 58 heavy (non-hydrogen) atoms. The molecule has 0 unspecified atom stereocenters. The van der Waals surface area contributed by atoms with Crippen molar-refractivity contribution in [3.63, 3.8) is 0 Å². The predicted octanol–water partition coefficient (Wildman–Crippen LogP) is 15.1. The monoisotopic (exact) mass is 940 g/mol. The third kappa shape index (κ3) is 11.4. The second kappa shape index (κ2) is 19.4. The minimum absolute atomic E-state index is 0. The summed E-state index contributed by atoms with van der Waals surface area (Å²) in [6.07, 6.45) is 0. The van der Waals surface area contributed by atoms with Crippen LogP contribution in [-0.2, 0) is 36.7 Å². The molecule has 0 saturated heterocycles. The van der Waals surface area contributed by atoms with Gasteiger partial charge in [-0.1, -0.05) is 126 Å². The third-order valence-electron chi connectivity index (χ3n) is 9.62. The molecule has 0 saturated carbocycles. The van der Waals surface area contributed by atoms with E-state index in [4.69, 9.17) is 9.97 Å². The summed E-state index contributed by atoms with van der Waals surface area (Å²) in [6.45, 7) is 24.8. The summed E-state index contributed by atoms with van der Waals surface area (Å²) in [4.78, 5) is 10.0. The summed E-state index contributed by atoms with van der Waals surface area (Å²) in [6, 6.07) is 58.4. The van der Waals surface area contributed by atoms with Crippen molar-refractivity contribution in [3.05, 3.63) is 218 Å². The van der Waals surface area contributed by atoms with E-state index in [1.165, 1.54) is 42.9 Å². The van der Waals surface area contributed by atoms with Crippen LogP contribution in [0.2, 0.25) is 0 Å². The first-order valence-corrected chi connectivity index (χ1v) is 20.2. The van der Waals surface area contributed by atoms with Crippen LogP contribution in [0.1, 0.15) is 69.4 Å². The van der Waals surface area contributed by atoms with Crippen LogP contribution >= 0.6 is 11.3 Å². The van der Waals surface area contributed by atoms with Gasteiger partial charge in [0.25, 0.3) is 0 Å². The first-order valence-electron chi connectivity index (χ1n) is 19.4. The second-order valence-electron chi connectivity index (χ2n) is 16.3. The summed E-state index contributed by atoms with van der Waals surface area (Å²) >= 11 is 1.70. The van der Waals surface area contributed by atoms with Crippen molar-refractivity contribution < 1.29 is 25.8 Å². The van der Waals surface area contributed by atoms with E-state index in [0.717, 1.165) is 38.6 Å². The molecule has 0 spiro atoms. The van der Waals surface area contributed by atoms with Crippen molar-refractivity contribution in [1.82, 2.24) is 9.97 Å². The maximum Gasteiger partial charge on any atom is 4.00 e. The molecule has 0 aliphatic heterocycles. The molecule has 7 aromatic carbocycles. The molecule has 0 aliphatic rings. The molecule has 9 aromatic rings. The molecule has 2 heterocycles. The smallest absolute Gasteiger partial charge is 0.655 e. The number of rotatable bonds is 2. The predicted molar refractivity (Wildman–Crippen MR) is 249 cm³/mol. The number of fused-ring (bicyclic) bond motifs is 3. The summed E-state index contributed by atoms with van der Waals surface area (Å²) in [5.74, 6) is 0. The van der Waals surface area contributed by atoms with E-state index >= 15 is 0 Å². The van der Waals surface area contributed by atoms with Crippen molar-refractivity contribution in [3.8, 4) is 22.0 Å². The zero-order valence-electron chi connectivity index (χ0n) is 34.6. The summed E-state index contributed by atoms with van der Waals surface area (Å²) < 4.78 is 1.19. The number of nitrogens with zero attached hydrogens (tertiary/aromatic N) is 2. The van der Waals surface area contributed by atoms with Gasteiger partial charge >= 0.3 is 25.8 Å². The summed E-state index contributed by atoms with van der Waals surface area (Å²) in [5, 5.41) is 5.99. The first kappa shape index (κ1) is 43.8. The van der Waals surface area contributed by atoms with E-state index in [2.05, 4.69) is 135 Å². The van der Waals surface area contributed by atoms with Crippen LogP contribution in [0, 0.1) is 20.8 Å². The zero-order chi connectivity index (χ0) is 40.6. The Balaban J connectivity index is 0.000000235. The van der Waals surface area contributed by atoms with Gasteiger partial charge in [0.2, 0.25) is 0 Å². The van der Waals surface area contributed by atoms with Crippen molar-refractivity contribution in [1.29, 1.82) is 0 Å². The molecule has 0 atom stereocenters. The third-order valence-corrected chi connectivity index (χ3v) is 10.7. The first-order chi connectivity index (χ1) is 27.3. The number of thiazole rings is 1. The summed E-state index contributed by atoms with van der Waals surface area (Å²) in [7, 11) is 0. The van der Waals surface area contributed by atoms with Crippen molar-refractivity contribution in [2.24, 2.45) is 0 Å². The molecular weight excluding hydrogens is 887 g/mol. The average Bonchev–Trinajstić information content (AvgIpc) is 3.86. The second-order valence-corrected chi connectivity index (χ2v) is 17.3. The number of aromatic nitrogens is 2. The van der Waals surface area contributed by atoms with Crippen LogP contribution in [0.3, 0.4) is 0 Å². The van der Waals surface area contributed by atoms with E-state index in [0.29, 0.717) is 0 Å². The fourth-order valence-corrected chi connectivity index (χ4v) is 7.30. The fourth-order valence-electron chi connectivity index (χ4n) is 6.37. The maximum absolute atomic E-state index is 5.16. The van der Waals surface area contributed by atoms with Gasteiger partial charge in [0.05, 0.1) is 10.2 Å². The molecule has 2 nitrogen and oxygen atoms in total. The zero-order valence-corrected chi connectivity index (χ0v) is 39.0. The Bertz CT molecular complexity index is 2540. The van der Waals surface area contributed by atoms with Gasteiger partial charge in [-0.25, -0.2) is 4.98 Å². The number of hydrogen-bond acceptors (Lipinski definition) is 2. The number of para-hydroxylation sites is 1. The molecule has 0 radical (unpaired) electrons. The van der Waals surface area contributed by atoms with E-state index in [9.17, 15) is 0 Å². The minimum atomic E-state index is 0.